The van der Waals surface area contributed by atoms with Crippen LogP contribution in [0.4, 0.5) is 0 Å². The molecule has 12 bridgehead atoms. The molecule has 18 atom stereocenters. The van der Waals surface area contributed by atoms with E-state index < -0.39 is 28.1 Å². The minimum absolute atomic E-state index is 0.0145. The highest BCUT2D eigenvalue weighted by Crippen LogP contribution is 2.63. The number of hydrogen-bond donors (Lipinski definition) is 0. The van der Waals surface area contributed by atoms with E-state index in [0.29, 0.717) is 83.2 Å². The molecule has 6 saturated carbocycles. The zero-order valence-electron chi connectivity index (χ0n) is 85.7. The Hall–Kier alpha value is -6.12. The molecule has 24 rings (SSSR count). The first-order chi connectivity index (χ1) is 63.6. The summed E-state index contributed by atoms with van der Waals surface area (Å²) in [5.41, 5.74) is 19.4. The van der Waals surface area contributed by atoms with Crippen LogP contribution < -0.4 is 28.4 Å². The van der Waals surface area contributed by atoms with Gasteiger partial charge in [-0.1, -0.05) is 113 Å². The molecule has 6 aliphatic heterocycles. The first-order valence-corrected chi connectivity index (χ1v) is 47.7. The summed E-state index contributed by atoms with van der Waals surface area (Å²) in [6.07, 6.45) is 44.8. The van der Waals surface area contributed by atoms with Crippen molar-refractivity contribution in [1.82, 2.24) is 29.4 Å². The van der Waals surface area contributed by atoms with Gasteiger partial charge in [0.15, 0.2) is 0 Å². The Kier molecular flexibility index (Phi) is 19.9. The second-order valence-electron chi connectivity index (χ2n) is 41.3. The van der Waals surface area contributed by atoms with Crippen LogP contribution in [0, 0.1) is 35.5 Å². The zero-order valence-corrected chi connectivity index (χ0v) is 73.7. The highest BCUT2D eigenvalue weighted by molar-refractivity contribution is 5.52. The molecule has 6 aromatic carbocycles. The summed E-state index contributed by atoms with van der Waals surface area (Å²) in [4.78, 5) is 14.1. The molecule has 0 spiro atoms. The number of piperidine rings is 6. The smallest absolute Gasteiger partial charge is 0.119 e. The van der Waals surface area contributed by atoms with E-state index >= 15 is 0 Å². The monoisotopic (exact) mass is 1640 g/mol. The van der Waals surface area contributed by atoms with Gasteiger partial charge in [0.1, 0.15) is 34.5 Å². The molecule has 0 N–H and O–H groups in total. The van der Waals surface area contributed by atoms with Gasteiger partial charge in [-0.3, -0.25) is 0 Å². The third kappa shape index (κ3) is 14.1. The third-order valence-electron chi connectivity index (χ3n) is 37.0. The minimum Gasteiger partial charge on any atom is -0.497 e. The van der Waals surface area contributed by atoms with Crippen LogP contribution in [0.2, 0.25) is 0 Å². The van der Waals surface area contributed by atoms with Crippen LogP contribution in [-0.4, -0.2) is 190 Å². The van der Waals surface area contributed by atoms with E-state index in [1.807, 2.05) is 29.2 Å². The van der Waals surface area contributed by atoms with Gasteiger partial charge in [0, 0.05) is 77.0 Å². The lowest BCUT2D eigenvalue weighted by Gasteiger charge is -2.58. The van der Waals surface area contributed by atoms with E-state index in [-0.39, 0.29) is 29.4 Å². The molecule has 120 heavy (non-hydrogen) atoms. The molecule has 12 aliphatic carbocycles. The van der Waals surface area contributed by atoms with Gasteiger partial charge in [-0.05, 0) is 411 Å². The van der Waals surface area contributed by atoms with Crippen molar-refractivity contribution in [3.8, 4) is 34.5 Å². The lowest BCUT2D eigenvalue weighted by molar-refractivity contribution is 0.00272. The summed E-state index contributed by atoms with van der Waals surface area (Å²) in [6.45, 7) is 3.44. The van der Waals surface area contributed by atoms with Crippen LogP contribution in [0.15, 0.2) is 109 Å². The molecule has 6 aromatic rings. The van der Waals surface area contributed by atoms with Gasteiger partial charge >= 0.3 is 0 Å². The lowest BCUT2D eigenvalue weighted by atomic mass is 9.52. The van der Waals surface area contributed by atoms with Gasteiger partial charge < -0.3 is 57.8 Å². The molecular formula is C108H150N6O6. The van der Waals surface area contributed by atoms with Gasteiger partial charge in [0.25, 0.3) is 0 Å². The van der Waals surface area contributed by atoms with Crippen molar-refractivity contribution in [2.45, 2.75) is 300 Å². The number of rotatable bonds is 6. The van der Waals surface area contributed by atoms with Crippen LogP contribution in [0.25, 0.3) is 0 Å². The molecule has 0 amide bonds. The molecule has 6 unspecified atom stereocenters. The Balaban J connectivity index is 0.000000102. The van der Waals surface area contributed by atoms with Crippen molar-refractivity contribution in [1.29, 1.82) is 0 Å². The maximum Gasteiger partial charge on any atom is 0.119 e. The summed E-state index contributed by atoms with van der Waals surface area (Å²) in [5.74, 6) is 9.15. The van der Waals surface area contributed by atoms with Gasteiger partial charge in [-0.2, -0.15) is 0 Å². The van der Waals surface area contributed by atoms with E-state index in [1.165, 1.54) is 249 Å². The van der Waals surface area contributed by atoms with Crippen molar-refractivity contribution in [3.05, 3.63) is 176 Å². The van der Waals surface area contributed by atoms with Gasteiger partial charge in [-0.25, -0.2) is 0 Å². The average Bonchev–Trinajstić information content (AvgIpc) is 0.711. The number of methoxy groups -OCH3 is 6. The fourth-order valence-electron chi connectivity index (χ4n) is 31.2. The summed E-state index contributed by atoms with van der Waals surface area (Å²) < 4.78 is 124. The van der Waals surface area contributed by atoms with Crippen LogP contribution in [-0.2, 0) is 71.0 Å². The first-order valence-electron chi connectivity index (χ1n) is 54.4. The second kappa shape index (κ2) is 34.0. The summed E-state index contributed by atoms with van der Waals surface area (Å²) >= 11 is 0. The van der Waals surface area contributed by atoms with Crippen molar-refractivity contribution in [2.24, 2.45) is 35.5 Å². The number of hydrogen-bond acceptors (Lipinski definition) is 12. The molecule has 6 saturated heterocycles. The Labute approximate surface area is 740 Å². The fraction of sp³-hybridized carbons (Fsp3) is 0.667. The number of nitrogens with zero attached hydrogens (tertiary/aromatic N) is 6. The Morgan fingerprint density at radius 2 is 0.525 bits per heavy atom. The quantitative estimate of drug-likeness (QED) is 0.159. The maximum absolute atomic E-state index is 7.94. The number of fused-ring (bicyclic) bond motifs is 6. The fourth-order valence-corrected chi connectivity index (χ4v) is 31.2. The average molecular weight is 1640 g/mol. The topological polar surface area (TPSA) is 74.8 Å². The van der Waals surface area contributed by atoms with Crippen molar-refractivity contribution in [2.75, 3.05) is 124 Å². The SMILES string of the molecule is [2H]C([2H])([2H])N1CC[C@@]23CCCCC2[C@@H]1Cc1ccc(OC)cc13.[2H]C([2H])([2H])Oc1ccc2c(c1)[C@]13CCCCC1[C@H](C2)N(C)CC3.[2H]C([2H])N1CC[C@@]23CCCCC2[C@@H]1Cc1ccc(OC)cc13.[2H]C([2H])Oc1ccc2c(c1)[C@]13CCCCC1[C@H](C2)N(C)CC3.[2H]CN1CC[C@@]23CCCCC2[C@@H]1Cc1ccc(OC)cc13.[2H]COc1ccc2c(c1)[C@]13CCCCC1[C@H](C2)N(C)CC3. The van der Waals surface area contributed by atoms with E-state index in [9.17, 15) is 0 Å². The zero-order chi connectivity index (χ0) is 92.0. The van der Waals surface area contributed by atoms with Crippen LogP contribution in [0.3, 0.4) is 0 Å². The predicted molar refractivity (Wildman–Crippen MR) is 488 cm³/mol. The van der Waals surface area contributed by atoms with Crippen LogP contribution in [0.5, 0.6) is 34.5 Å². The third-order valence-corrected chi connectivity index (χ3v) is 37.0. The lowest BCUT2D eigenvalue weighted by Crippen LogP contribution is -2.59. The standard InChI is InChI=1S/6C18H25NO/c6*1-19-10-9-18-8-4-3-5-15(18)17(19)11-13-6-7-14(20-2)12-16(13)18/h6*6-7,12,15,17H,3-5,8-11H2,1-2H3/t6*15?,17-,18-/m000000/s1/i2D3;2D2;2D;1D3;1D2;1D. The van der Waals surface area contributed by atoms with Crippen molar-refractivity contribution >= 4 is 0 Å². The summed E-state index contributed by atoms with van der Waals surface area (Å²) in [5, 5.41) is 0. The van der Waals surface area contributed by atoms with E-state index in [2.05, 4.69) is 131 Å². The van der Waals surface area contributed by atoms with Crippen molar-refractivity contribution < 1.29 is 44.9 Å². The second-order valence-corrected chi connectivity index (χ2v) is 41.3. The molecule has 18 aliphatic rings. The number of likely N-dealkylation sites (tertiary alicyclic amines) is 6. The maximum atomic E-state index is 7.94. The van der Waals surface area contributed by atoms with E-state index in [4.69, 9.17) is 44.9 Å². The Morgan fingerprint density at radius 3 is 0.792 bits per heavy atom. The van der Waals surface area contributed by atoms with Crippen molar-refractivity contribution in [3.63, 3.8) is 0 Å². The van der Waals surface area contributed by atoms with Crippen LogP contribution in [0.1, 0.15) is 276 Å². The van der Waals surface area contributed by atoms with Gasteiger partial charge in [-0.15, -0.1) is 0 Å². The van der Waals surface area contributed by atoms with Crippen LogP contribution >= 0.6 is 0 Å². The molecule has 0 radical (unpaired) electrons. The Bertz CT molecular complexity index is 5060. The molecule has 0 aromatic heterocycles. The predicted octanol–water partition coefficient (Wildman–Crippen LogP) is 20.3. The Morgan fingerprint density at radius 1 is 0.275 bits per heavy atom. The number of likely N-dealkylation sites (N-methyl/N-ethyl adjacent to an activating group) is 6. The molecule has 6 heterocycles. The molecule has 12 fully saturated rings. The largest absolute Gasteiger partial charge is 0.497 e. The molecule has 12 heteroatoms. The van der Waals surface area contributed by atoms with E-state index in [1.54, 1.807) is 32.5 Å². The molecule has 12 nitrogen and oxygen atoms in total. The number of ether oxygens (including phenoxy) is 6. The highest BCUT2D eigenvalue weighted by atomic mass is 16.5. The van der Waals surface area contributed by atoms with Gasteiger partial charge in [0.2, 0.25) is 0 Å². The van der Waals surface area contributed by atoms with Gasteiger partial charge in [0.05, 0.1) is 50.7 Å². The molecular weight excluding hydrogens is 1480 g/mol. The normalized spacial score (nSPS) is 37.8. The number of benzene rings is 6. The molecule has 648 valence electrons. The summed E-state index contributed by atoms with van der Waals surface area (Å²) in [7, 11) is 8.96. The highest BCUT2D eigenvalue weighted by Gasteiger charge is 2.60. The summed E-state index contributed by atoms with van der Waals surface area (Å²) in [6, 6.07) is 41.8. The van der Waals surface area contributed by atoms with E-state index in [0.717, 1.165) is 118 Å². The first kappa shape index (κ1) is 70.1. The minimum atomic E-state index is -2.37.